The summed E-state index contributed by atoms with van der Waals surface area (Å²) in [6.45, 7) is 3.94. The Morgan fingerprint density at radius 3 is 2.43 bits per heavy atom. The summed E-state index contributed by atoms with van der Waals surface area (Å²) in [5.74, 6) is 1.81. The Balaban J connectivity index is 1.99. The molecule has 1 aromatic carbocycles. The lowest BCUT2D eigenvalue weighted by molar-refractivity contribution is 0.454. The number of thioether (sulfide) groups is 1. The summed E-state index contributed by atoms with van der Waals surface area (Å²) in [5, 5.41) is 5.74. The molecule has 7 heteroatoms. The van der Waals surface area contributed by atoms with Gasteiger partial charge in [-0.1, -0.05) is 23.4 Å². The average Bonchev–Trinajstić information content (AvgIpc) is 2.88. The van der Waals surface area contributed by atoms with Crippen molar-refractivity contribution in [3.63, 3.8) is 0 Å². The van der Waals surface area contributed by atoms with Crippen molar-refractivity contribution in [2.45, 2.75) is 19.0 Å². The second-order valence-corrected chi connectivity index (χ2v) is 6.16. The van der Waals surface area contributed by atoms with E-state index in [1.54, 1.807) is 35.0 Å². The lowest BCUT2D eigenvalue weighted by atomic mass is 10.3. The molecule has 0 N–H and O–H groups in total. The van der Waals surface area contributed by atoms with E-state index >= 15 is 0 Å². The van der Waals surface area contributed by atoms with Gasteiger partial charge in [-0.3, -0.25) is 0 Å². The molecule has 23 heavy (non-hydrogen) atoms. The Hall–Kier alpha value is -2.05. The minimum Gasteiger partial charge on any atom is -0.439 e. The van der Waals surface area contributed by atoms with Crippen LogP contribution in [-0.2, 0) is 0 Å². The minimum absolute atomic E-state index is 0.467. The van der Waals surface area contributed by atoms with Crippen LogP contribution in [0.4, 0.5) is 0 Å². The number of aryl methyl sites for hydroxylation is 2. The second-order valence-electron chi connectivity index (χ2n) is 4.95. The Bertz CT molecular complexity index is 833. The predicted octanol–water partition coefficient (Wildman–Crippen LogP) is 4.45. The largest absolute Gasteiger partial charge is 0.439 e. The first-order valence-corrected chi connectivity index (χ1v) is 8.55. The van der Waals surface area contributed by atoms with Gasteiger partial charge in [0.1, 0.15) is 5.75 Å². The smallest absolute Gasteiger partial charge is 0.225 e. The molecule has 2 heterocycles. The van der Waals surface area contributed by atoms with Crippen molar-refractivity contribution in [2.24, 2.45) is 0 Å². The predicted molar refractivity (Wildman–Crippen MR) is 91.9 cm³/mol. The number of hydrogen-bond donors (Lipinski definition) is 0. The lowest BCUT2D eigenvalue weighted by Crippen LogP contribution is -2.04. The van der Waals surface area contributed by atoms with E-state index in [1.165, 1.54) is 11.8 Å². The maximum atomic E-state index is 5.89. The van der Waals surface area contributed by atoms with Crippen LogP contribution < -0.4 is 4.74 Å². The molecule has 0 aliphatic heterocycles. The number of nitrogens with zero attached hydrogens (tertiary/aromatic N) is 4. The number of ether oxygens (including phenoxy) is 1. The van der Waals surface area contributed by atoms with Gasteiger partial charge in [0.25, 0.3) is 0 Å². The summed E-state index contributed by atoms with van der Waals surface area (Å²) in [4.78, 5) is 8.89. The molecule has 3 rings (SSSR count). The topological polar surface area (TPSA) is 52.8 Å². The third-order valence-corrected chi connectivity index (χ3v) is 3.91. The quantitative estimate of drug-likeness (QED) is 0.516. The van der Waals surface area contributed by atoms with E-state index in [4.69, 9.17) is 16.3 Å². The van der Waals surface area contributed by atoms with Gasteiger partial charge in [0.15, 0.2) is 11.0 Å². The number of rotatable bonds is 4. The number of benzene rings is 1. The molecule has 2 aromatic heterocycles. The van der Waals surface area contributed by atoms with Crippen LogP contribution in [0.25, 0.3) is 5.82 Å². The Kier molecular flexibility index (Phi) is 4.54. The molecule has 0 saturated heterocycles. The van der Waals surface area contributed by atoms with Crippen LogP contribution in [0.1, 0.15) is 11.4 Å². The monoisotopic (exact) mass is 346 g/mol. The third kappa shape index (κ3) is 3.65. The Morgan fingerprint density at radius 2 is 1.83 bits per heavy atom. The zero-order valence-corrected chi connectivity index (χ0v) is 14.5. The van der Waals surface area contributed by atoms with Crippen LogP contribution in [0.3, 0.4) is 0 Å². The van der Waals surface area contributed by atoms with Crippen LogP contribution in [0.2, 0.25) is 5.02 Å². The van der Waals surface area contributed by atoms with Crippen LogP contribution in [0, 0.1) is 13.8 Å². The molecular weight excluding hydrogens is 332 g/mol. The fourth-order valence-electron chi connectivity index (χ4n) is 2.13. The zero-order chi connectivity index (χ0) is 16.4. The van der Waals surface area contributed by atoms with Crippen molar-refractivity contribution < 1.29 is 4.74 Å². The summed E-state index contributed by atoms with van der Waals surface area (Å²) in [6, 6.07) is 10.9. The molecule has 5 nitrogen and oxygen atoms in total. The van der Waals surface area contributed by atoms with E-state index in [2.05, 4.69) is 15.1 Å². The van der Waals surface area contributed by atoms with Crippen molar-refractivity contribution in [1.82, 2.24) is 19.7 Å². The van der Waals surface area contributed by atoms with Gasteiger partial charge >= 0.3 is 0 Å². The molecule has 3 aromatic rings. The highest BCUT2D eigenvalue weighted by molar-refractivity contribution is 7.98. The molecule has 0 radical (unpaired) electrons. The summed E-state index contributed by atoms with van der Waals surface area (Å²) in [7, 11) is 0. The SMILES string of the molecule is CSc1nc(Oc2ccc(Cl)cc2)cc(-n2nc(C)cc2C)n1. The van der Waals surface area contributed by atoms with Crippen LogP contribution >= 0.6 is 23.4 Å². The highest BCUT2D eigenvalue weighted by Gasteiger charge is 2.11. The summed E-state index contributed by atoms with van der Waals surface area (Å²) in [5.41, 5.74) is 1.94. The number of hydrogen-bond acceptors (Lipinski definition) is 5. The normalized spacial score (nSPS) is 10.8. The van der Waals surface area contributed by atoms with Crippen molar-refractivity contribution >= 4 is 23.4 Å². The van der Waals surface area contributed by atoms with Gasteiger partial charge in [-0.25, -0.2) is 9.67 Å². The molecule has 0 fully saturated rings. The number of halogens is 1. The molecule has 0 amide bonds. The van der Waals surface area contributed by atoms with Gasteiger partial charge in [0.2, 0.25) is 5.88 Å². The van der Waals surface area contributed by atoms with Crippen molar-refractivity contribution in [2.75, 3.05) is 6.26 Å². The summed E-state index contributed by atoms with van der Waals surface area (Å²) in [6.07, 6.45) is 1.92. The standard InChI is InChI=1S/C16H15ClN4OS/c1-10-8-11(2)21(20-10)14-9-15(19-16(18-14)23-3)22-13-6-4-12(17)5-7-13/h4-9H,1-3H3. The van der Waals surface area contributed by atoms with E-state index in [9.17, 15) is 0 Å². The maximum absolute atomic E-state index is 5.89. The molecule has 0 spiro atoms. The molecule has 0 atom stereocenters. The Labute approximate surface area is 143 Å². The van der Waals surface area contributed by atoms with Crippen LogP contribution in [-0.4, -0.2) is 26.0 Å². The molecular formula is C16H15ClN4OS. The molecule has 0 aliphatic carbocycles. The first-order valence-electron chi connectivity index (χ1n) is 6.95. The highest BCUT2D eigenvalue weighted by Crippen LogP contribution is 2.25. The highest BCUT2D eigenvalue weighted by atomic mass is 35.5. The van der Waals surface area contributed by atoms with Gasteiger partial charge in [-0.2, -0.15) is 10.1 Å². The van der Waals surface area contributed by atoms with Crippen molar-refractivity contribution in [1.29, 1.82) is 0 Å². The fourth-order valence-corrected chi connectivity index (χ4v) is 2.62. The Morgan fingerprint density at radius 1 is 1.09 bits per heavy atom. The van der Waals surface area contributed by atoms with Crippen molar-refractivity contribution in [3.05, 3.63) is 52.8 Å². The van der Waals surface area contributed by atoms with Gasteiger partial charge in [0.05, 0.1) is 5.69 Å². The number of aromatic nitrogens is 4. The minimum atomic E-state index is 0.467. The van der Waals surface area contributed by atoms with Gasteiger partial charge in [-0.05, 0) is 50.4 Å². The molecule has 0 aliphatic rings. The van der Waals surface area contributed by atoms with E-state index in [-0.39, 0.29) is 0 Å². The van der Waals surface area contributed by atoms with Gasteiger partial charge in [0, 0.05) is 16.8 Å². The molecule has 0 unspecified atom stereocenters. The summed E-state index contributed by atoms with van der Waals surface area (Å²) >= 11 is 7.34. The first-order chi connectivity index (χ1) is 11.0. The van der Waals surface area contributed by atoms with Crippen LogP contribution in [0.5, 0.6) is 11.6 Å². The first kappa shape index (κ1) is 15.8. The zero-order valence-electron chi connectivity index (χ0n) is 12.9. The van der Waals surface area contributed by atoms with Crippen molar-refractivity contribution in [3.8, 4) is 17.4 Å². The fraction of sp³-hybridized carbons (Fsp3) is 0.188. The third-order valence-electron chi connectivity index (χ3n) is 3.11. The second kappa shape index (κ2) is 6.60. The maximum Gasteiger partial charge on any atom is 0.225 e. The van der Waals surface area contributed by atoms with E-state index in [0.717, 1.165) is 11.4 Å². The molecule has 118 valence electrons. The molecule has 0 saturated carbocycles. The van der Waals surface area contributed by atoms with Crippen LogP contribution in [0.15, 0.2) is 41.6 Å². The average molecular weight is 347 g/mol. The molecule has 0 bridgehead atoms. The summed E-state index contributed by atoms with van der Waals surface area (Å²) < 4.78 is 7.60. The lowest BCUT2D eigenvalue weighted by Gasteiger charge is -2.09. The van der Waals surface area contributed by atoms with E-state index < -0.39 is 0 Å². The van der Waals surface area contributed by atoms with Gasteiger partial charge in [-0.15, -0.1) is 0 Å². The van der Waals surface area contributed by atoms with Gasteiger partial charge < -0.3 is 4.74 Å². The van der Waals surface area contributed by atoms with E-state index in [0.29, 0.717) is 27.6 Å². The van der Waals surface area contributed by atoms with E-state index in [1.807, 2.05) is 26.2 Å².